The summed E-state index contributed by atoms with van der Waals surface area (Å²) < 4.78 is 18.1. The number of piperidine rings is 1. The van der Waals surface area contributed by atoms with Gasteiger partial charge in [0.2, 0.25) is 0 Å². The molecule has 1 aromatic carbocycles. The molecule has 2 atom stereocenters. The van der Waals surface area contributed by atoms with Crippen molar-refractivity contribution in [2.75, 3.05) is 19.7 Å². The number of benzene rings is 1. The summed E-state index contributed by atoms with van der Waals surface area (Å²) in [7, 11) is 0. The van der Waals surface area contributed by atoms with E-state index >= 15 is 0 Å². The molecular weight excluding hydrogens is 297 g/mol. The van der Waals surface area contributed by atoms with Crippen LogP contribution in [0, 0.1) is 11.7 Å². The van der Waals surface area contributed by atoms with E-state index in [1.54, 1.807) is 26.0 Å². The molecule has 1 fully saturated rings. The highest BCUT2D eigenvalue weighted by Crippen LogP contribution is 2.34. The highest BCUT2D eigenvalue weighted by atomic mass is 19.1. The minimum atomic E-state index is -1.01. The predicted molar refractivity (Wildman–Crippen MR) is 86.4 cm³/mol. The van der Waals surface area contributed by atoms with E-state index in [1.165, 1.54) is 12.1 Å². The van der Waals surface area contributed by atoms with Crippen LogP contribution in [0.2, 0.25) is 0 Å². The van der Waals surface area contributed by atoms with Crippen LogP contribution in [-0.4, -0.2) is 41.3 Å². The monoisotopic (exact) mass is 323 g/mol. The van der Waals surface area contributed by atoms with Crippen molar-refractivity contribution < 1.29 is 19.0 Å². The zero-order valence-electron chi connectivity index (χ0n) is 14.1. The Morgan fingerprint density at radius 1 is 1.30 bits per heavy atom. The van der Waals surface area contributed by atoms with Crippen LogP contribution in [-0.2, 0) is 9.53 Å². The third-order valence-corrected chi connectivity index (χ3v) is 5.01. The Morgan fingerprint density at radius 3 is 2.39 bits per heavy atom. The number of nitrogens with zero attached hydrogens (tertiary/aromatic N) is 1. The van der Waals surface area contributed by atoms with Gasteiger partial charge in [-0.1, -0.05) is 12.1 Å². The number of aliphatic hydroxyl groups is 1. The van der Waals surface area contributed by atoms with Gasteiger partial charge in [-0.05, 0) is 51.3 Å². The van der Waals surface area contributed by atoms with Crippen LogP contribution >= 0.6 is 0 Å². The molecule has 4 nitrogen and oxygen atoms in total. The van der Waals surface area contributed by atoms with Crippen LogP contribution in [0.5, 0.6) is 0 Å². The maximum Gasteiger partial charge on any atom is 0.311 e. The van der Waals surface area contributed by atoms with Crippen molar-refractivity contribution in [3.63, 3.8) is 0 Å². The second-order valence-corrected chi connectivity index (χ2v) is 6.34. The molecule has 2 rings (SSSR count). The molecule has 0 aliphatic carbocycles. The summed E-state index contributed by atoms with van der Waals surface area (Å²) in [4.78, 5) is 14.1. The average molecular weight is 323 g/mol. The number of carbonyl (C=O) groups is 1. The van der Waals surface area contributed by atoms with Crippen LogP contribution < -0.4 is 0 Å². The molecule has 128 valence electrons. The van der Waals surface area contributed by atoms with Gasteiger partial charge in [0, 0.05) is 19.1 Å². The third-order valence-electron chi connectivity index (χ3n) is 5.01. The molecule has 0 saturated carbocycles. The Morgan fingerprint density at radius 2 is 1.87 bits per heavy atom. The smallest absolute Gasteiger partial charge is 0.311 e. The molecular formula is C18H26FNO3. The molecule has 0 bridgehead atoms. The standard InChI is InChI=1S/C18H26FNO3/c1-4-23-17(21)13(2)18(22)9-11-20(12-10-18)14(3)15-5-7-16(19)8-6-15/h5-8,13-14,22H,4,9-12H2,1-3H3. The largest absolute Gasteiger partial charge is 0.466 e. The first-order valence-electron chi connectivity index (χ1n) is 8.26. The number of halogens is 1. The fourth-order valence-corrected chi connectivity index (χ4v) is 3.17. The van der Waals surface area contributed by atoms with E-state index in [9.17, 15) is 14.3 Å². The minimum Gasteiger partial charge on any atom is -0.466 e. The number of likely N-dealkylation sites (tertiary alicyclic amines) is 1. The highest BCUT2D eigenvalue weighted by Gasteiger charge is 2.42. The number of ether oxygens (including phenoxy) is 1. The maximum atomic E-state index is 13.0. The molecule has 5 heteroatoms. The van der Waals surface area contributed by atoms with Gasteiger partial charge in [0.15, 0.2) is 0 Å². The molecule has 1 N–H and O–H groups in total. The highest BCUT2D eigenvalue weighted by molar-refractivity contribution is 5.73. The van der Waals surface area contributed by atoms with Gasteiger partial charge < -0.3 is 9.84 Å². The molecule has 0 amide bonds. The lowest BCUT2D eigenvalue weighted by Crippen LogP contribution is -2.51. The maximum absolute atomic E-state index is 13.0. The molecule has 0 radical (unpaired) electrons. The van der Waals surface area contributed by atoms with E-state index < -0.39 is 11.5 Å². The summed E-state index contributed by atoms with van der Waals surface area (Å²) in [5.41, 5.74) is 0.0425. The molecule has 0 aromatic heterocycles. The number of hydrogen-bond donors (Lipinski definition) is 1. The van der Waals surface area contributed by atoms with Crippen LogP contribution in [0.25, 0.3) is 0 Å². The number of carbonyl (C=O) groups excluding carboxylic acids is 1. The molecule has 0 spiro atoms. The zero-order chi connectivity index (χ0) is 17.0. The predicted octanol–water partition coefficient (Wildman–Crippen LogP) is 2.91. The van der Waals surface area contributed by atoms with Crippen LogP contribution in [0.15, 0.2) is 24.3 Å². The van der Waals surface area contributed by atoms with Gasteiger partial charge in [-0.2, -0.15) is 0 Å². The average Bonchev–Trinajstić information content (AvgIpc) is 2.55. The van der Waals surface area contributed by atoms with E-state index in [0.29, 0.717) is 32.5 Å². The second-order valence-electron chi connectivity index (χ2n) is 6.34. The van der Waals surface area contributed by atoms with E-state index in [4.69, 9.17) is 4.74 Å². The topological polar surface area (TPSA) is 49.8 Å². The van der Waals surface area contributed by atoms with E-state index in [1.807, 2.05) is 0 Å². The first kappa shape index (κ1) is 17.9. The molecule has 1 aliphatic heterocycles. The van der Waals surface area contributed by atoms with Gasteiger partial charge in [-0.15, -0.1) is 0 Å². The van der Waals surface area contributed by atoms with E-state index in [0.717, 1.165) is 5.56 Å². The van der Waals surface area contributed by atoms with Crippen LogP contribution in [0.4, 0.5) is 4.39 Å². The SMILES string of the molecule is CCOC(=O)C(C)C1(O)CCN(C(C)c2ccc(F)cc2)CC1. The zero-order valence-corrected chi connectivity index (χ0v) is 14.1. The van der Waals surface area contributed by atoms with Gasteiger partial charge in [0.1, 0.15) is 5.82 Å². The summed E-state index contributed by atoms with van der Waals surface area (Å²) in [5.74, 6) is -1.10. The number of esters is 1. The molecule has 1 saturated heterocycles. The lowest BCUT2D eigenvalue weighted by atomic mass is 9.80. The fourth-order valence-electron chi connectivity index (χ4n) is 3.17. The Balaban J connectivity index is 1.97. The van der Waals surface area contributed by atoms with Crippen molar-refractivity contribution in [1.29, 1.82) is 0 Å². The molecule has 1 aliphatic rings. The van der Waals surface area contributed by atoms with E-state index in [-0.39, 0.29) is 17.8 Å². The number of hydrogen-bond acceptors (Lipinski definition) is 4. The van der Waals surface area contributed by atoms with Gasteiger partial charge in [0.05, 0.1) is 18.1 Å². The van der Waals surface area contributed by atoms with Crippen molar-refractivity contribution in [3.05, 3.63) is 35.6 Å². The van der Waals surface area contributed by atoms with Gasteiger partial charge >= 0.3 is 5.97 Å². The summed E-state index contributed by atoms with van der Waals surface area (Å²) in [6.45, 7) is 7.29. The molecule has 1 aromatic rings. The summed E-state index contributed by atoms with van der Waals surface area (Å²) >= 11 is 0. The summed E-state index contributed by atoms with van der Waals surface area (Å²) in [6.07, 6.45) is 1.05. The van der Waals surface area contributed by atoms with Crippen molar-refractivity contribution in [3.8, 4) is 0 Å². The van der Waals surface area contributed by atoms with Crippen LogP contribution in [0.1, 0.15) is 45.2 Å². The Hall–Kier alpha value is -1.46. The number of rotatable bonds is 5. The summed E-state index contributed by atoms with van der Waals surface area (Å²) in [6, 6.07) is 6.67. The fraction of sp³-hybridized carbons (Fsp3) is 0.611. The minimum absolute atomic E-state index is 0.151. The van der Waals surface area contributed by atoms with E-state index in [2.05, 4.69) is 11.8 Å². The third kappa shape index (κ3) is 4.09. The normalized spacial score (nSPS) is 20.7. The Kier molecular flexibility index (Phi) is 5.76. The molecule has 2 unspecified atom stereocenters. The Labute approximate surface area is 137 Å². The van der Waals surface area contributed by atoms with Crippen molar-refractivity contribution in [2.24, 2.45) is 5.92 Å². The van der Waals surface area contributed by atoms with Crippen molar-refractivity contribution in [1.82, 2.24) is 4.90 Å². The molecule has 1 heterocycles. The lowest BCUT2D eigenvalue weighted by Gasteiger charge is -2.43. The lowest BCUT2D eigenvalue weighted by molar-refractivity contribution is -0.161. The molecule has 23 heavy (non-hydrogen) atoms. The first-order chi connectivity index (χ1) is 10.9. The van der Waals surface area contributed by atoms with Crippen molar-refractivity contribution in [2.45, 2.75) is 45.3 Å². The summed E-state index contributed by atoms with van der Waals surface area (Å²) in [5, 5.41) is 10.8. The Bertz CT molecular complexity index is 524. The van der Waals surface area contributed by atoms with Gasteiger partial charge in [0.25, 0.3) is 0 Å². The van der Waals surface area contributed by atoms with Crippen LogP contribution in [0.3, 0.4) is 0 Å². The first-order valence-corrected chi connectivity index (χ1v) is 8.26. The van der Waals surface area contributed by atoms with Gasteiger partial charge in [-0.25, -0.2) is 4.39 Å². The van der Waals surface area contributed by atoms with Gasteiger partial charge in [-0.3, -0.25) is 9.69 Å². The second kappa shape index (κ2) is 7.41. The van der Waals surface area contributed by atoms with Crippen molar-refractivity contribution >= 4 is 5.97 Å². The quantitative estimate of drug-likeness (QED) is 0.847.